The molecule has 1 aromatic heterocycles. The standard InChI is InChI=1S/C10H12N4/c1-8(2)7-14(3)10-5-4-9(6-11)12-13-10/h4-5H,1,7H2,2-3H3. The first-order chi connectivity index (χ1) is 6.63. The topological polar surface area (TPSA) is 52.8 Å². The highest BCUT2D eigenvalue weighted by molar-refractivity contribution is 5.39. The van der Waals surface area contributed by atoms with Gasteiger partial charge in [-0.05, 0) is 19.1 Å². The van der Waals surface area contributed by atoms with Gasteiger partial charge in [0.05, 0.1) is 0 Å². The number of hydrogen-bond donors (Lipinski definition) is 0. The largest absolute Gasteiger partial charge is 0.354 e. The molecule has 0 bridgehead atoms. The minimum Gasteiger partial charge on any atom is -0.354 e. The summed E-state index contributed by atoms with van der Waals surface area (Å²) in [6.07, 6.45) is 0. The summed E-state index contributed by atoms with van der Waals surface area (Å²) in [5.74, 6) is 0.743. The van der Waals surface area contributed by atoms with Gasteiger partial charge in [-0.25, -0.2) is 0 Å². The number of rotatable bonds is 3. The van der Waals surface area contributed by atoms with Crippen molar-refractivity contribution in [3.8, 4) is 6.07 Å². The Morgan fingerprint density at radius 1 is 1.57 bits per heavy atom. The van der Waals surface area contributed by atoms with Crippen LogP contribution in [0.3, 0.4) is 0 Å². The van der Waals surface area contributed by atoms with Crippen LogP contribution in [0.15, 0.2) is 24.3 Å². The van der Waals surface area contributed by atoms with Crippen molar-refractivity contribution in [2.24, 2.45) is 0 Å². The Kier molecular flexibility index (Phi) is 3.19. The second kappa shape index (κ2) is 4.38. The molecule has 0 aromatic carbocycles. The molecule has 0 aliphatic carbocycles. The van der Waals surface area contributed by atoms with E-state index in [1.807, 2.05) is 24.9 Å². The normalized spacial score (nSPS) is 9.21. The smallest absolute Gasteiger partial charge is 0.163 e. The monoisotopic (exact) mass is 188 g/mol. The second-order valence-electron chi connectivity index (χ2n) is 3.20. The van der Waals surface area contributed by atoms with E-state index in [1.165, 1.54) is 0 Å². The third-order valence-electron chi connectivity index (χ3n) is 1.66. The third-order valence-corrected chi connectivity index (χ3v) is 1.66. The molecule has 1 rings (SSSR count). The van der Waals surface area contributed by atoms with E-state index < -0.39 is 0 Å². The summed E-state index contributed by atoms with van der Waals surface area (Å²) >= 11 is 0. The number of nitriles is 1. The van der Waals surface area contributed by atoms with Crippen molar-refractivity contribution in [2.75, 3.05) is 18.5 Å². The molecule has 0 atom stereocenters. The summed E-state index contributed by atoms with van der Waals surface area (Å²) in [6, 6.07) is 5.35. The van der Waals surface area contributed by atoms with E-state index in [9.17, 15) is 0 Å². The zero-order valence-electron chi connectivity index (χ0n) is 8.36. The van der Waals surface area contributed by atoms with E-state index in [-0.39, 0.29) is 0 Å². The fourth-order valence-electron chi connectivity index (χ4n) is 1.07. The van der Waals surface area contributed by atoms with Crippen LogP contribution in [0, 0.1) is 11.3 Å². The van der Waals surface area contributed by atoms with Gasteiger partial charge < -0.3 is 4.90 Å². The summed E-state index contributed by atoms with van der Waals surface area (Å²) < 4.78 is 0. The molecule has 1 aromatic rings. The van der Waals surface area contributed by atoms with Gasteiger partial charge >= 0.3 is 0 Å². The van der Waals surface area contributed by atoms with Gasteiger partial charge in [-0.3, -0.25) is 0 Å². The van der Waals surface area contributed by atoms with Gasteiger partial charge in [-0.15, -0.1) is 10.2 Å². The van der Waals surface area contributed by atoms with E-state index in [0.717, 1.165) is 17.9 Å². The summed E-state index contributed by atoms with van der Waals surface area (Å²) in [4.78, 5) is 1.93. The van der Waals surface area contributed by atoms with Crippen LogP contribution in [-0.2, 0) is 0 Å². The number of aromatic nitrogens is 2. The molecule has 0 aliphatic rings. The molecule has 0 N–H and O–H groups in total. The van der Waals surface area contributed by atoms with Gasteiger partial charge in [0, 0.05) is 13.6 Å². The molecule has 4 nitrogen and oxygen atoms in total. The third kappa shape index (κ3) is 2.56. The molecule has 0 saturated heterocycles. The Labute approximate surface area is 83.5 Å². The summed E-state index contributed by atoms with van der Waals surface area (Å²) in [5.41, 5.74) is 1.39. The second-order valence-corrected chi connectivity index (χ2v) is 3.20. The van der Waals surface area contributed by atoms with Crippen LogP contribution in [-0.4, -0.2) is 23.8 Å². The first kappa shape index (κ1) is 10.2. The summed E-state index contributed by atoms with van der Waals surface area (Å²) in [7, 11) is 1.91. The molecule has 72 valence electrons. The highest BCUT2D eigenvalue weighted by Crippen LogP contribution is 2.08. The quantitative estimate of drug-likeness (QED) is 0.672. The Bertz CT molecular complexity index is 361. The molecule has 0 amide bonds. The van der Waals surface area contributed by atoms with Gasteiger partial charge in [0.2, 0.25) is 0 Å². The van der Waals surface area contributed by atoms with Gasteiger partial charge in [-0.1, -0.05) is 12.2 Å². The molecule has 0 spiro atoms. The van der Waals surface area contributed by atoms with Gasteiger partial charge in [-0.2, -0.15) is 5.26 Å². The molecule has 0 saturated carbocycles. The van der Waals surface area contributed by atoms with Gasteiger partial charge in [0.1, 0.15) is 6.07 Å². The first-order valence-corrected chi connectivity index (χ1v) is 4.23. The lowest BCUT2D eigenvalue weighted by atomic mass is 10.3. The fourth-order valence-corrected chi connectivity index (χ4v) is 1.07. The fraction of sp³-hybridized carbons (Fsp3) is 0.300. The minimum atomic E-state index is 0.331. The highest BCUT2D eigenvalue weighted by atomic mass is 15.2. The maximum Gasteiger partial charge on any atom is 0.163 e. The van der Waals surface area contributed by atoms with Crippen molar-refractivity contribution in [1.29, 1.82) is 5.26 Å². The van der Waals surface area contributed by atoms with E-state index in [2.05, 4.69) is 16.8 Å². The molecule has 1 heterocycles. The van der Waals surface area contributed by atoms with Crippen LogP contribution in [0.5, 0.6) is 0 Å². The molecule has 0 unspecified atom stereocenters. The maximum atomic E-state index is 8.53. The Morgan fingerprint density at radius 3 is 2.71 bits per heavy atom. The Hall–Kier alpha value is -1.89. The van der Waals surface area contributed by atoms with Crippen molar-refractivity contribution in [2.45, 2.75) is 6.92 Å². The van der Waals surface area contributed by atoms with Crippen molar-refractivity contribution < 1.29 is 0 Å². The van der Waals surface area contributed by atoms with Crippen molar-refractivity contribution in [3.63, 3.8) is 0 Å². The van der Waals surface area contributed by atoms with E-state index >= 15 is 0 Å². The van der Waals surface area contributed by atoms with Crippen molar-refractivity contribution in [3.05, 3.63) is 30.0 Å². The number of likely N-dealkylation sites (N-methyl/N-ethyl adjacent to an activating group) is 1. The van der Waals surface area contributed by atoms with Crippen LogP contribution < -0.4 is 4.90 Å². The van der Waals surface area contributed by atoms with Crippen LogP contribution >= 0.6 is 0 Å². The van der Waals surface area contributed by atoms with Gasteiger partial charge in [0.15, 0.2) is 11.5 Å². The van der Waals surface area contributed by atoms with Crippen molar-refractivity contribution >= 4 is 5.82 Å². The number of hydrogen-bond acceptors (Lipinski definition) is 4. The van der Waals surface area contributed by atoms with E-state index in [0.29, 0.717) is 5.69 Å². The van der Waals surface area contributed by atoms with E-state index in [1.54, 1.807) is 12.1 Å². The molecular weight excluding hydrogens is 176 g/mol. The van der Waals surface area contributed by atoms with Crippen LogP contribution in [0.2, 0.25) is 0 Å². The molecule has 14 heavy (non-hydrogen) atoms. The molecule has 0 fully saturated rings. The average Bonchev–Trinajstić information content (AvgIpc) is 2.17. The summed E-state index contributed by atoms with van der Waals surface area (Å²) in [5, 5.41) is 16.2. The number of nitrogens with zero attached hydrogens (tertiary/aromatic N) is 4. The van der Waals surface area contributed by atoms with Crippen LogP contribution in [0.1, 0.15) is 12.6 Å². The van der Waals surface area contributed by atoms with Crippen LogP contribution in [0.25, 0.3) is 0 Å². The predicted molar refractivity (Wildman–Crippen MR) is 54.8 cm³/mol. The van der Waals surface area contributed by atoms with Crippen LogP contribution in [0.4, 0.5) is 5.82 Å². The zero-order chi connectivity index (χ0) is 10.6. The molecular formula is C10H12N4. The Balaban J connectivity index is 2.77. The average molecular weight is 188 g/mol. The lowest BCUT2D eigenvalue weighted by Gasteiger charge is -2.16. The molecule has 4 heteroatoms. The maximum absolute atomic E-state index is 8.53. The molecule has 0 radical (unpaired) electrons. The lowest BCUT2D eigenvalue weighted by Crippen LogP contribution is -2.20. The zero-order valence-corrected chi connectivity index (χ0v) is 8.36. The predicted octanol–water partition coefficient (Wildman–Crippen LogP) is 1.36. The minimum absolute atomic E-state index is 0.331. The lowest BCUT2D eigenvalue weighted by molar-refractivity contribution is 0.901. The summed E-state index contributed by atoms with van der Waals surface area (Å²) in [6.45, 7) is 6.50. The Morgan fingerprint density at radius 2 is 2.29 bits per heavy atom. The van der Waals surface area contributed by atoms with E-state index in [4.69, 9.17) is 5.26 Å². The number of anilines is 1. The van der Waals surface area contributed by atoms with Crippen molar-refractivity contribution in [1.82, 2.24) is 10.2 Å². The molecule has 0 aliphatic heterocycles. The SMILES string of the molecule is C=C(C)CN(C)c1ccc(C#N)nn1. The van der Waals surface area contributed by atoms with Gasteiger partial charge in [0.25, 0.3) is 0 Å². The highest BCUT2D eigenvalue weighted by Gasteiger charge is 2.02. The first-order valence-electron chi connectivity index (χ1n) is 4.23.